The fourth-order valence-electron chi connectivity index (χ4n) is 3.39. The van der Waals surface area contributed by atoms with Crippen molar-refractivity contribution in [3.05, 3.63) is 101 Å². The molecule has 1 atom stereocenters. The largest absolute Gasteiger partial charge is 0.333 e. The number of aliphatic imine (C=N–C) groups is 1. The summed E-state index contributed by atoms with van der Waals surface area (Å²) in [6, 6.07) is 24.6. The predicted molar refractivity (Wildman–Crippen MR) is 192 cm³/mol. The molecule has 0 amide bonds. The first-order valence-corrected chi connectivity index (χ1v) is 16.4. The molecule has 1 unspecified atom stereocenters. The summed E-state index contributed by atoms with van der Waals surface area (Å²) in [7, 11) is 3.46. The highest BCUT2D eigenvalue weighted by Crippen LogP contribution is 2.27. The normalized spacial score (nSPS) is 12.6. The number of halogens is 1. The second kappa shape index (κ2) is 28.8. The maximum absolute atomic E-state index is 13.0. The maximum atomic E-state index is 13.0. The summed E-state index contributed by atoms with van der Waals surface area (Å²) >= 11 is 2.78. The molecule has 1 heterocycles. The Morgan fingerprint density at radius 1 is 0.977 bits per heavy atom. The van der Waals surface area contributed by atoms with Crippen LogP contribution in [-0.2, 0) is 0 Å². The van der Waals surface area contributed by atoms with Crippen molar-refractivity contribution in [3.8, 4) is 12.3 Å². The average molecular weight is 627 g/mol. The van der Waals surface area contributed by atoms with Gasteiger partial charge in [0.05, 0.1) is 18.6 Å². The van der Waals surface area contributed by atoms with E-state index in [0.29, 0.717) is 0 Å². The zero-order chi connectivity index (χ0) is 32.9. The molecule has 6 nitrogen and oxygen atoms in total. The van der Waals surface area contributed by atoms with Gasteiger partial charge in [0.1, 0.15) is 5.82 Å². The van der Waals surface area contributed by atoms with Crippen LogP contribution in [0.5, 0.6) is 0 Å². The number of terminal acetylenes is 1. The summed E-state index contributed by atoms with van der Waals surface area (Å²) in [5.41, 5.74) is 8.63. The molecule has 0 aromatic heterocycles. The van der Waals surface area contributed by atoms with E-state index < -0.39 is 0 Å². The van der Waals surface area contributed by atoms with Crippen molar-refractivity contribution in [3.63, 3.8) is 0 Å². The van der Waals surface area contributed by atoms with Gasteiger partial charge in [-0.2, -0.15) is 5.10 Å². The number of nitrogens with one attached hydrogen (secondary N) is 1. The lowest BCUT2D eigenvalue weighted by molar-refractivity contribution is 0.381. The van der Waals surface area contributed by atoms with Crippen LogP contribution in [-0.4, -0.2) is 50.0 Å². The van der Waals surface area contributed by atoms with Gasteiger partial charge in [0, 0.05) is 35.7 Å². The molecule has 1 aliphatic heterocycles. The summed E-state index contributed by atoms with van der Waals surface area (Å²) in [4.78, 5) is 5.22. The van der Waals surface area contributed by atoms with E-state index in [9.17, 15) is 4.39 Å². The van der Waals surface area contributed by atoms with Crippen molar-refractivity contribution in [1.82, 2.24) is 9.73 Å². The zero-order valence-electron chi connectivity index (χ0n) is 27.0. The molecule has 0 bridgehead atoms. The van der Waals surface area contributed by atoms with Crippen LogP contribution in [0.1, 0.15) is 64.2 Å². The molecule has 0 saturated heterocycles. The Bertz CT molecular complexity index is 1150. The highest BCUT2D eigenvalue weighted by molar-refractivity contribution is 7.98. The Morgan fingerprint density at radius 2 is 1.56 bits per heavy atom. The van der Waals surface area contributed by atoms with Crippen molar-refractivity contribution < 1.29 is 4.39 Å². The Hall–Kier alpha value is -3.29. The van der Waals surface area contributed by atoms with Gasteiger partial charge in [-0.15, -0.1) is 6.42 Å². The number of nitrogens with zero attached hydrogens (tertiary/aromatic N) is 3. The Balaban J connectivity index is 0. The number of benzene rings is 3. The molecule has 4 rings (SSSR count). The summed E-state index contributed by atoms with van der Waals surface area (Å²) < 4.78 is 16.0. The number of likely N-dealkylation sites (N-methyl/N-ethyl adjacent to an activating group) is 1. The maximum Gasteiger partial charge on any atom is 0.123 e. The highest BCUT2D eigenvalue weighted by Gasteiger charge is 2.27. The molecule has 0 fully saturated rings. The Morgan fingerprint density at radius 3 is 2.09 bits per heavy atom. The second-order valence-corrected chi connectivity index (χ2v) is 9.24. The van der Waals surface area contributed by atoms with Crippen LogP contribution in [0.3, 0.4) is 0 Å². The van der Waals surface area contributed by atoms with Gasteiger partial charge in [-0.3, -0.25) is 15.1 Å². The van der Waals surface area contributed by atoms with Crippen LogP contribution in [0, 0.1) is 18.2 Å². The van der Waals surface area contributed by atoms with Gasteiger partial charge >= 0.3 is 0 Å². The molecule has 3 aromatic rings. The van der Waals surface area contributed by atoms with Crippen molar-refractivity contribution in [2.75, 3.05) is 32.9 Å². The SMILES string of the molecule is C#Cc1ccc(SNC=NCCSN)cc1.CC.CC.CC.CN.CN1CC(c2ccccc2)C(c2ccc(F)cc2)=N1. The van der Waals surface area contributed by atoms with Crippen LogP contribution >= 0.6 is 23.9 Å². The van der Waals surface area contributed by atoms with Gasteiger partial charge in [0.25, 0.3) is 0 Å². The number of nitrogens with two attached hydrogens (primary N) is 2. The molecule has 0 aliphatic carbocycles. The quantitative estimate of drug-likeness (QED) is 0.0777. The minimum atomic E-state index is -0.216. The third-order valence-electron chi connectivity index (χ3n) is 5.08. The molecule has 9 heteroatoms. The molecule has 5 N–H and O–H groups in total. The first kappa shape index (κ1) is 41.8. The van der Waals surface area contributed by atoms with Gasteiger partial charge in [-0.05, 0) is 66.5 Å². The van der Waals surface area contributed by atoms with E-state index in [4.69, 9.17) is 11.6 Å². The number of hydrogen-bond donors (Lipinski definition) is 3. The zero-order valence-corrected chi connectivity index (χ0v) is 28.7. The molecule has 0 spiro atoms. The van der Waals surface area contributed by atoms with Crippen LogP contribution in [0.4, 0.5) is 4.39 Å². The Kier molecular flexibility index (Phi) is 28.0. The first-order chi connectivity index (χ1) is 21.1. The number of rotatable bonds is 8. The van der Waals surface area contributed by atoms with Crippen molar-refractivity contribution in [2.24, 2.45) is 21.0 Å². The highest BCUT2D eigenvalue weighted by atomic mass is 32.2. The van der Waals surface area contributed by atoms with Crippen molar-refractivity contribution in [2.45, 2.75) is 52.4 Å². The summed E-state index contributed by atoms with van der Waals surface area (Å²) in [6.07, 6.45) is 6.94. The van der Waals surface area contributed by atoms with Gasteiger partial charge < -0.3 is 10.5 Å². The fraction of sp³-hybridized carbons (Fsp3) is 0.353. The minimum absolute atomic E-state index is 0.216. The summed E-state index contributed by atoms with van der Waals surface area (Å²) in [5.74, 6) is 3.44. The first-order valence-electron chi connectivity index (χ1n) is 14.6. The number of hydrazone groups is 1. The van der Waals surface area contributed by atoms with Gasteiger partial charge in [0.15, 0.2) is 0 Å². The molecule has 236 valence electrons. The van der Waals surface area contributed by atoms with E-state index in [1.165, 1.54) is 48.6 Å². The van der Waals surface area contributed by atoms with E-state index in [0.717, 1.165) is 40.6 Å². The van der Waals surface area contributed by atoms with E-state index in [1.54, 1.807) is 18.5 Å². The Labute approximate surface area is 269 Å². The molecular weight excluding hydrogens is 576 g/mol. The molecule has 43 heavy (non-hydrogen) atoms. The average Bonchev–Trinajstić information content (AvgIpc) is 3.49. The van der Waals surface area contributed by atoms with Crippen molar-refractivity contribution >= 4 is 35.9 Å². The lowest BCUT2D eigenvalue weighted by Gasteiger charge is -2.13. The van der Waals surface area contributed by atoms with Crippen LogP contribution in [0.2, 0.25) is 0 Å². The molecule has 0 saturated carbocycles. The van der Waals surface area contributed by atoms with E-state index in [2.05, 4.69) is 38.6 Å². The van der Waals surface area contributed by atoms with Gasteiger partial charge in [-0.1, -0.05) is 102 Å². The predicted octanol–water partition coefficient (Wildman–Crippen LogP) is 7.81. The van der Waals surface area contributed by atoms with E-state index in [1.807, 2.05) is 96.1 Å². The fourth-order valence-corrected chi connectivity index (χ4v) is 4.14. The lowest BCUT2D eigenvalue weighted by atomic mass is 9.91. The molecule has 0 radical (unpaired) electrons. The topological polar surface area (TPSA) is 92.0 Å². The van der Waals surface area contributed by atoms with Crippen molar-refractivity contribution in [1.29, 1.82) is 0 Å². The van der Waals surface area contributed by atoms with E-state index in [-0.39, 0.29) is 11.7 Å². The summed E-state index contributed by atoms with van der Waals surface area (Å²) in [6.45, 7) is 13.6. The van der Waals surface area contributed by atoms with Crippen LogP contribution < -0.4 is 15.6 Å². The molecular formula is C34H51FN6S2. The summed E-state index contributed by atoms with van der Waals surface area (Å²) in [5, 5.41) is 11.8. The minimum Gasteiger partial charge on any atom is -0.333 e. The lowest BCUT2D eigenvalue weighted by Crippen LogP contribution is -2.15. The van der Waals surface area contributed by atoms with Crippen LogP contribution in [0.25, 0.3) is 0 Å². The second-order valence-electron chi connectivity index (χ2n) is 7.59. The monoisotopic (exact) mass is 626 g/mol. The third kappa shape index (κ3) is 17.4. The standard InChI is InChI=1S/C16H15FN2.C11H13N3S2.3C2H6.CH5N/c1-19-11-15(12-5-3-2-4-6-12)16(18-19)13-7-9-14(17)10-8-13;1-2-10-3-5-11(6-4-10)16-14-9-13-7-8-15-12;4*1-2/h2-10,15H,11H2,1H3;1,3-6,9H,7-8,12H2,(H,13,14);3*1-2H3;2H2,1H3. The van der Waals surface area contributed by atoms with Gasteiger partial charge in [-0.25, -0.2) is 4.39 Å². The van der Waals surface area contributed by atoms with Crippen LogP contribution in [0.15, 0.2) is 93.9 Å². The molecule has 1 aliphatic rings. The number of hydrogen-bond acceptors (Lipinski definition) is 7. The van der Waals surface area contributed by atoms with E-state index >= 15 is 0 Å². The molecule has 3 aromatic carbocycles. The van der Waals surface area contributed by atoms with Gasteiger partial charge in [0.2, 0.25) is 0 Å². The smallest absolute Gasteiger partial charge is 0.123 e. The third-order valence-corrected chi connectivity index (χ3v) is 6.23.